The number of nitrogens with one attached hydrogen (secondary N) is 1. The molecule has 1 saturated heterocycles. The minimum absolute atomic E-state index is 0.0470. The molecule has 0 spiro atoms. The topological polar surface area (TPSA) is 65.0 Å². The third-order valence-electron chi connectivity index (χ3n) is 4.33. The van der Waals surface area contributed by atoms with Gasteiger partial charge in [0.15, 0.2) is 11.5 Å². The summed E-state index contributed by atoms with van der Waals surface area (Å²) in [5.74, 6) is 0.599. The highest BCUT2D eigenvalue weighted by Gasteiger charge is 2.36. The Morgan fingerprint density at radius 1 is 1.35 bits per heavy atom. The van der Waals surface area contributed by atoms with Crippen LogP contribution in [0.15, 0.2) is 16.6 Å². The molecule has 0 saturated carbocycles. The van der Waals surface area contributed by atoms with E-state index in [0.29, 0.717) is 16.8 Å². The van der Waals surface area contributed by atoms with Crippen molar-refractivity contribution in [2.45, 2.75) is 26.8 Å². The van der Waals surface area contributed by atoms with E-state index in [9.17, 15) is 10.2 Å². The lowest BCUT2D eigenvalue weighted by molar-refractivity contribution is 0.0303. The Morgan fingerprint density at radius 2 is 2.00 bits per heavy atom. The van der Waals surface area contributed by atoms with Crippen LogP contribution in [0.5, 0.6) is 11.5 Å². The first-order valence-corrected chi connectivity index (χ1v) is 8.91. The number of hydrogen-bond donors (Lipinski definition) is 3. The van der Waals surface area contributed by atoms with E-state index >= 15 is 0 Å². The number of aromatic hydroxyl groups is 1. The molecule has 5 nitrogen and oxygen atoms in total. The van der Waals surface area contributed by atoms with E-state index in [-0.39, 0.29) is 23.8 Å². The first-order chi connectivity index (χ1) is 10.9. The van der Waals surface area contributed by atoms with Crippen LogP contribution in [-0.2, 0) is 0 Å². The predicted molar refractivity (Wildman–Crippen MR) is 95.0 cm³/mol. The Morgan fingerprint density at radius 3 is 2.57 bits per heavy atom. The van der Waals surface area contributed by atoms with Crippen molar-refractivity contribution in [2.24, 2.45) is 5.41 Å². The van der Waals surface area contributed by atoms with Gasteiger partial charge in [-0.1, -0.05) is 13.8 Å². The molecule has 1 fully saturated rings. The molecule has 23 heavy (non-hydrogen) atoms. The summed E-state index contributed by atoms with van der Waals surface area (Å²) in [5, 5.41) is 23.4. The third kappa shape index (κ3) is 4.18. The Bertz CT molecular complexity index is 531. The highest BCUT2D eigenvalue weighted by Crippen LogP contribution is 2.44. The van der Waals surface area contributed by atoms with E-state index in [1.54, 1.807) is 0 Å². The summed E-state index contributed by atoms with van der Waals surface area (Å²) in [5.41, 5.74) is 0.733. The highest BCUT2D eigenvalue weighted by molar-refractivity contribution is 9.10. The van der Waals surface area contributed by atoms with Gasteiger partial charge in [-0.05, 0) is 40.5 Å². The molecule has 6 heteroatoms. The SMILES string of the molecule is CCOc1cc([C@@H](N2CCNCC2)C(C)(C)CO)cc(Br)c1O. The fourth-order valence-electron chi connectivity index (χ4n) is 3.20. The smallest absolute Gasteiger partial charge is 0.172 e. The second-order valence-electron chi connectivity index (χ2n) is 6.62. The second kappa shape index (κ2) is 7.83. The standard InChI is InChI=1S/C17H27BrN2O3/c1-4-23-14-10-12(9-13(18)15(14)22)16(17(2,3)11-21)20-7-5-19-6-8-20/h9-10,16,19,21-22H,4-8,11H2,1-3H3/t16-/m1/s1. The van der Waals surface area contributed by atoms with Crippen molar-refractivity contribution in [1.82, 2.24) is 10.2 Å². The largest absolute Gasteiger partial charge is 0.503 e. The zero-order valence-electron chi connectivity index (χ0n) is 14.1. The number of phenols is 1. The monoisotopic (exact) mass is 386 g/mol. The van der Waals surface area contributed by atoms with Crippen LogP contribution < -0.4 is 10.1 Å². The third-order valence-corrected chi connectivity index (χ3v) is 4.94. The Kier molecular flexibility index (Phi) is 6.31. The molecule has 0 aromatic heterocycles. The number of hydrogen-bond acceptors (Lipinski definition) is 5. The van der Waals surface area contributed by atoms with Crippen LogP contribution in [0.3, 0.4) is 0 Å². The van der Waals surface area contributed by atoms with Crippen molar-refractivity contribution in [3.05, 3.63) is 22.2 Å². The minimum atomic E-state index is -0.308. The van der Waals surface area contributed by atoms with Crippen LogP contribution >= 0.6 is 15.9 Å². The molecule has 0 unspecified atom stereocenters. The molecule has 3 N–H and O–H groups in total. The van der Waals surface area contributed by atoms with E-state index in [4.69, 9.17) is 4.74 Å². The Balaban J connectivity index is 2.46. The molecular weight excluding hydrogens is 360 g/mol. The maximum Gasteiger partial charge on any atom is 0.172 e. The average Bonchev–Trinajstić information content (AvgIpc) is 2.53. The molecule has 130 valence electrons. The average molecular weight is 387 g/mol. The molecular formula is C17H27BrN2O3. The van der Waals surface area contributed by atoms with Crippen molar-refractivity contribution >= 4 is 15.9 Å². The number of ether oxygens (including phenoxy) is 1. The summed E-state index contributed by atoms with van der Waals surface area (Å²) in [4.78, 5) is 2.39. The summed E-state index contributed by atoms with van der Waals surface area (Å²) in [6.45, 7) is 10.3. The number of benzene rings is 1. The van der Waals surface area contributed by atoms with E-state index in [1.165, 1.54) is 0 Å². The summed E-state index contributed by atoms with van der Waals surface area (Å²) < 4.78 is 6.19. The van der Waals surface area contributed by atoms with Gasteiger partial charge in [-0.15, -0.1) is 0 Å². The maximum atomic E-state index is 10.2. The van der Waals surface area contributed by atoms with Crippen LogP contribution in [0, 0.1) is 5.41 Å². The normalized spacial score (nSPS) is 18.0. The van der Waals surface area contributed by atoms with E-state index in [1.807, 2.05) is 19.1 Å². The van der Waals surface area contributed by atoms with Gasteiger partial charge in [0.1, 0.15) is 0 Å². The fourth-order valence-corrected chi connectivity index (χ4v) is 3.66. The zero-order chi connectivity index (χ0) is 17.0. The number of nitrogens with zero attached hydrogens (tertiary/aromatic N) is 1. The van der Waals surface area contributed by atoms with Gasteiger partial charge in [0.25, 0.3) is 0 Å². The lowest BCUT2D eigenvalue weighted by Gasteiger charge is -2.43. The van der Waals surface area contributed by atoms with Crippen molar-refractivity contribution in [1.29, 1.82) is 0 Å². The first-order valence-electron chi connectivity index (χ1n) is 8.11. The molecule has 1 aliphatic heterocycles. The molecule has 1 aromatic carbocycles. The molecule has 0 bridgehead atoms. The minimum Gasteiger partial charge on any atom is -0.503 e. The second-order valence-corrected chi connectivity index (χ2v) is 7.47. The van der Waals surface area contributed by atoms with E-state index in [2.05, 4.69) is 40.0 Å². The van der Waals surface area contributed by atoms with Crippen molar-refractivity contribution < 1.29 is 14.9 Å². The number of halogens is 1. The van der Waals surface area contributed by atoms with Gasteiger partial charge in [-0.3, -0.25) is 4.90 Å². The summed E-state index contributed by atoms with van der Waals surface area (Å²) in [6.07, 6.45) is 0. The summed E-state index contributed by atoms with van der Waals surface area (Å²) in [7, 11) is 0. The van der Waals surface area contributed by atoms with Crippen molar-refractivity contribution in [3.8, 4) is 11.5 Å². The number of aliphatic hydroxyl groups excluding tert-OH is 1. The van der Waals surface area contributed by atoms with Crippen molar-refractivity contribution in [2.75, 3.05) is 39.4 Å². The lowest BCUT2D eigenvalue weighted by atomic mass is 9.79. The quantitative estimate of drug-likeness (QED) is 0.700. The van der Waals surface area contributed by atoms with Crippen LogP contribution in [0.25, 0.3) is 0 Å². The highest BCUT2D eigenvalue weighted by atomic mass is 79.9. The number of piperazine rings is 1. The predicted octanol–water partition coefficient (Wildman–Crippen LogP) is 2.52. The van der Waals surface area contributed by atoms with Gasteiger partial charge in [-0.2, -0.15) is 0 Å². The van der Waals surface area contributed by atoms with Crippen LogP contribution in [-0.4, -0.2) is 54.5 Å². The summed E-state index contributed by atoms with van der Waals surface area (Å²) in [6, 6.07) is 3.88. The molecule has 0 radical (unpaired) electrons. The molecule has 1 heterocycles. The molecule has 1 atom stereocenters. The van der Waals surface area contributed by atoms with Crippen LogP contribution in [0.1, 0.15) is 32.4 Å². The fraction of sp³-hybridized carbons (Fsp3) is 0.647. The van der Waals surface area contributed by atoms with Gasteiger partial charge in [0, 0.05) is 44.2 Å². The van der Waals surface area contributed by atoms with Crippen LogP contribution in [0.4, 0.5) is 0 Å². The van der Waals surface area contributed by atoms with Gasteiger partial charge in [0.05, 0.1) is 11.1 Å². The van der Waals surface area contributed by atoms with Gasteiger partial charge in [0.2, 0.25) is 0 Å². The van der Waals surface area contributed by atoms with E-state index in [0.717, 1.165) is 31.7 Å². The molecule has 2 rings (SSSR count). The maximum absolute atomic E-state index is 10.2. The van der Waals surface area contributed by atoms with E-state index < -0.39 is 0 Å². The van der Waals surface area contributed by atoms with Gasteiger partial charge in [-0.25, -0.2) is 0 Å². The number of aliphatic hydroxyl groups is 1. The van der Waals surface area contributed by atoms with Crippen LogP contribution in [0.2, 0.25) is 0 Å². The lowest BCUT2D eigenvalue weighted by Crippen LogP contribution is -2.49. The van der Waals surface area contributed by atoms with Gasteiger partial charge < -0.3 is 20.3 Å². The molecule has 1 aliphatic rings. The first kappa shape index (κ1) is 18.5. The molecule has 1 aromatic rings. The molecule has 0 amide bonds. The zero-order valence-corrected chi connectivity index (χ0v) is 15.7. The van der Waals surface area contributed by atoms with Gasteiger partial charge >= 0.3 is 0 Å². The number of phenolic OH excluding ortho intramolecular Hbond substituents is 1. The molecule has 0 aliphatic carbocycles. The summed E-state index contributed by atoms with van der Waals surface area (Å²) >= 11 is 3.42. The Labute approximate surface area is 146 Å². The van der Waals surface area contributed by atoms with Crippen molar-refractivity contribution in [3.63, 3.8) is 0 Å². The Hall–Kier alpha value is -0.820. The number of rotatable bonds is 6.